The molecule has 1 aromatic rings. The van der Waals surface area contributed by atoms with Gasteiger partial charge in [-0.3, -0.25) is 0 Å². The quantitative estimate of drug-likeness (QED) is 0.678. The van der Waals surface area contributed by atoms with Crippen LogP contribution in [0.5, 0.6) is 0 Å². The Morgan fingerprint density at radius 1 is 1.50 bits per heavy atom. The summed E-state index contributed by atoms with van der Waals surface area (Å²) in [5, 5.41) is 0.358. The lowest BCUT2D eigenvalue weighted by atomic mass is 9.67. The van der Waals surface area contributed by atoms with E-state index in [-0.39, 0.29) is 0 Å². The maximum Gasteiger partial charge on any atom is 0.0342 e. The fourth-order valence-electron chi connectivity index (χ4n) is 2.50. The second-order valence-electron chi connectivity index (χ2n) is 5.04. The van der Waals surface area contributed by atoms with Crippen LogP contribution >= 0.6 is 11.6 Å². The van der Waals surface area contributed by atoms with Gasteiger partial charge in [-0.15, -0.1) is 11.6 Å². The van der Waals surface area contributed by atoms with Crippen molar-refractivity contribution in [3.8, 4) is 0 Å². The van der Waals surface area contributed by atoms with Crippen molar-refractivity contribution in [1.29, 1.82) is 0 Å². The lowest BCUT2D eigenvalue weighted by molar-refractivity contribution is 0.199. The third-order valence-corrected chi connectivity index (χ3v) is 3.93. The Balaban J connectivity index is 2.22. The van der Waals surface area contributed by atoms with Crippen LogP contribution in [0.2, 0.25) is 0 Å². The Hall–Kier alpha value is -0.430. The number of rotatable bonds is 1. The molecule has 2 heteroatoms. The number of H-pyrrole nitrogens is 1. The number of halogens is 1. The van der Waals surface area contributed by atoms with Crippen molar-refractivity contribution in [3.63, 3.8) is 0 Å². The molecule has 0 saturated heterocycles. The summed E-state index contributed by atoms with van der Waals surface area (Å²) in [5.74, 6) is 0.591. The van der Waals surface area contributed by atoms with E-state index in [1.807, 2.05) is 6.20 Å². The van der Waals surface area contributed by atoms with Gasteiger partial charge < -0.3 is 4.98 Å². The van der Waals surface area contributed by atoms with Gasteiger partial charge in [0.05, 0.1) is 0 Å². The van der Waals surface area contributed by atoms with Crippen LogP contribution in [0.25, 0.3) is 0 Å². The molecule has 2 atom stereocenters. The summed E-state index contributed by atoms with van der Waals surface area (Å²) >= 11 is 6.24. The predicted molar refractivity (Wildman–Crippen MR) is 60.8 cm³/mol. The lowest BCUT2D eigenvalue weighted by Crippen LogP contribution is -2.30. The average molecular weight is 212 g/mol. The number of aromatic nitrogens is 1. The Labute approximate surface area is 90.9 Å². The lowest BCUT2D eigenvalue weighted by Gasteiger charge is -2.40. The SMILES string of the molecule is CC1(C)CCC(Cl)CC1c1ccc[nH]1. The third-order valence-electron chi connectivity index (χ3n) is 3.53. The van der Waals surface area contributed by atoms with Gasteiger partial charge in [0.1, 0.15) is 0 Å². The minimum atomic E-state index is 0.358. The van der Waals surface area contributed by atoms with E-state index >= 15 is 0 Å². The van der Waals surface area contributed by atoms with Crippen molar-refractivity contribution >= 4 is 11.6 Å². The summed E-state index contributed by atoms with van der Waals surface area (Å²) in [5.41, 5.74) is 1.73. The van der Waals surface area contributed by atoms with Crippen molar-refractivity contribution in [1.82, 2.24) is 4.98 Å². The summed E-state index contributed by atoms with van der Waals surface area (Å²) in [6.07, 6.45) is 5.49. The molecule has 78 valence electrons. The fraction of sp³-hybridized carbons (Fsp3) is 0.667. The topological polar surface area (TPSA) is 15.8 Å². The van der Waals surface area contributed by atoms with Gasteiger partial charge in [-0.2, -0.15) is 0 Å². The summed E-state index contributed by atoms with van der Waals surface area (Å²) in [6, 6.07) is 4.25. The van der Waals surface area contributed by atoms with Crippen LogP contribution < -0.4 is 0 Å². The van der Waals surface area contributed by atoms with E-state index in [1.54, 1.807) is 0 Å². The number of alkyl halides is 1. The van der Waals surface area contributed by atoms with E-state index in [4.69, 9.17) is 11.6 Å². The fourth-order valence-corrected chi connectivity index (χ4v) is 2.79. The summed E-state index contributed by atoms with van der Waals surface area (Å²) in [6.45, 7) is 4.70. The first-order valence-electron chi connectivity index (χ1n) is 5.37. The second kappa shape index (κ2) is 3.62. The molecule has 2 rings (SSSR count). The highest BCUT2D eigenvalue weighted by molar-refractivity contribution is 6.20. The van der Waals surface area contributed by atoms with Crippen LogP contribution in [-0.4, -0.2) is 10.4 Å². The largest absolute Gasteiger partial charge is 0.365 e. The highest BCUT2D eigenvalue weighted by Crippen LogP contribution is 2.47. The van der Waals surface area contributed by atoms with Crippen LogP contribution in [0.3, 0.4) is 0 Å². The molecule has 0 amide bonds. The van der Waals surface area contributed by atoms with Crippen LogP contribution in [-0.2, 0) is 0 Å². The van der Waals surface area contributed by atoms with Gasteiger partial charge in [-0.25, -0.2) is 0 Å². The molecule has 1 aliphatic rings. The molecule has 1 nitrogen and oxygen atoms in total. The Kier molecular flexibility index (Phi) is 2.61. The monoisotopic (exact) mass is 211 g/mol. The summed E-state index contributed by atoms with van der Waals surface area (Å²) in [7, 11) is 0. The van der Waals surface area contributed by atoms with Crippen molar-refractivity contribution < 1.29 is 0 Å². The van der Waals surface area contributed by atoms with E-state index in [2.05, 4.69) is 31.0 Å². The zero-order valence-corrected chi connectivity index (χ0v) is 9.64. The highest BCUT2D eigenvalue weighted by atomic mass is 35.5. The molecule has 14 heavy (non-hydrogen) atoms. The first-order chi connectivity index (χ1) is 6.59. The average Bonchev–Trinajstić information content (AvgIpc) is 2.62. The normalized spacial score (nSPS) is 31.6. The van der Waals surface area contributed by atoms with E-state index < -0.39 is 0 Å². The van der Waals surface area contributed by atoms with Crippen molar-refractivity contribution in [2.24, 2.45) is 5.41 Å². The van der Waals surface area contributed by atoms with Gasteiger partial charge in [-0.05, 0) is 36.8 Å². The standard InChI is InChI=1S/C12H18ClN/c1-12(2)6-5-9(13)8-10(12)11-4-3-7-14-11/h3-4,7,9-10,14H,5-6,8H2,1-2H3. The minimum Gasteiger partial charge on any atom is -0.365 e. The van der Waals surface area contributed by atoms with Crippen LogP contribution in [0, 0.1) is 5.41 Å². The molecular formula is C12H18ClN. The number of nitrogens with one attached hydrogen (secondary N) is 1. The smallest absolute Gasteiger partial charge is 0.0342 e. The molecule has 1 saturated carbocycles. The van der Waals surface area contributed by atoms with Gasteiger partial charge in [0, 0.05) is 23.2 Å². The van der Waals surface area contributed by atoms with E-state index in [0.29, 0.717) is 16.7 Å². The Morgan fingerprint density at radius 3 is 2.93 bits per heavy atom. The molecule has 0 aliphatic heterocycles. The molecule has 1 aliphatic carbocycles. The molecule has 2 unspecified atom stereocenters. The van der Waals surface area contributed by atoms with Crippen LogP contribution in [0.4, 0.5) is 0 Å². The zero-order chi connectivity index (χ0) is 10.2. The maximum atomic E-state index is 6.24. The van der Waals surface area contributed by atoms with Crippen LogP contribution in [0.1, 0.15) is 44.7 Å². The van der Waals surface area contributed by atoms with E-state index in [0.717, 1.165) is 12.8 Å². The predicted octanol–water partition coefficient (Wildman–Crippen LogP) is 3.92. The van der Waals surface area contributed by atoms with Gasteiger partial charge in [0.25, 0.3) is 0 Å². The first kappa shape index (κ1) is 10.1. The molecular weight excluding hydrogens is 194 g/mol. The molecule has 1 N–H and O–H groups in total. The molecule has 1 heterocycles. The van der Waals surface area contributed by atoms with Gasteiger partial charge >= 0.3 is 0 Å². The van der Waals surface area contributed by atoms with Gasteiger partial charge in [-0.1, -0.05) is 13.8 Å². The highest BCUT2D eigenvalue weighted by Gasteiger charge is 2.37. The van der Waals surface area contributed by atoms with Crippen LogP contribution in [0.15, 0.2) is 18.3 Å². The Bertz CT molecular complexity index is 289. The van der Waals surface area contributed by atoms with Crippen molar-refractivity contribution in [2.75, 3.05) is 0 Å². The molecule has 0 bridgehead atoms. The van der Waals surface area contributed by atoms with Gasteiger partial charge in [0.15, 0.2) is 0 Å². The van der Waals surface area contributed by atoms with Crippen molar-refractivity contribution in [3.05, 3.63) is 24.0 Å². The number of hydrogen-bond acceptors (Lipinski definition) is 0. The minimum absolute atomic E-state index is 0.358. The van der Waals surface area contributed by atoms with E-state index in [1.165, 1.54) is 12.1 Å². The first-order valence-corrected chi connectivity index (χ1v) is 5.80. The molecule has 0 aromatic carbocycles. The number of hydrogen-bond donors (Lipinski definition) is 1. The van der Waals surface area contributed by atoms with Gasteiger partial charge in [0.2, 0.25) is 0 Å². The Morgan fingerprint density at radius 2 is 2.29 bits per heavy atom. The molecule has 0 radical (unpaired) electrons. The zero-order valence-electron chi connectivity index (χ0n) is 8.89. The third kappa shape index (κ3) is 1.83. The molecule has 1 aromatic heterocycles. The summed E-state index contributed by atoms with van der Waals surface area (Å²) in [4.78, 5) is 3.32. The second-order valence-corrected chi connectivity index (χ2v) is 5.66. The summed E-state index contributed by atoms with van der Waals surface area (Å²) < 4.78 is 0. The molecule has 1 fully saturated rings. The molecule has 0 spiro atoms. The maximum absolute atomic E-state index is 6.24. The van der Waals surface area contributed by atoms with E-state index in [9.17, 15) is 0 Å². The van der Waals surface area contributed by atoms with Crippen molar-refractivity contribution in [2.45, 2.75) is 44.4 Å². The number of aromatic amines is 1.